The third kappa shape index (κ3) is 7.23. The fourth-order valence-corrected chi connectivity index (χ4v) is 2.88. The van der Waals surface area contributed by atoms with Gasteiger partial charge in [0.1, 0.15) is 5.75 Å². The normalized spacial score (nSPS) is 10.7. The van der Waals surface area contributed by atoms with Crippen LogP contribution < -0.4 is 15.4 Å². The van der Waals surface area contributed by atoms with Gasteiger partial charge in [-0.15, -0.1) is 0 Å². The van der Waals surface area contributed by atoms with Crippen LogP contribution in [0.15, 0.2) is 42.5 Å². The largest absolute Gasteiger partial charge is 0.483 e. The topological polar surface area (TPSA) is 70.7 Å². The zero-order valence-corrected chi connectivity index (χ0v) is 17.7. The van der Waals surface area contributed by atoms with Crippen LogP contribution >= 0.6 is 0 Å². The van der Waals surface area contributed by atoms with Crippen molar-refractivity contribution in [1.82, 2.24) is 10.2 Å². The lowest BCUT2D eigenvalue weighted by molar-refractivity contribution is -0.118. The molecule has 0 saturated carbocycles. The monoisotopic (exact) mass is 397 g/mol. The van der Waals surface area contributed by atoms with Crippen molar-refractivity contribution in [2.75, 3.05) is 38.1 Å². The van der Waals surface area contributed by atoms with E-state index < -0.39 is 0 Å². The molecule has 29 heavy (non-hydrogen) atoms. The number of benzene rings is 2. The molecule has 0 atom stereocenters. The number of rotatable bonds is 10. The number of carbonyl (C=O) groups is 2. The van der Waals surface area contributed by atoms with Gasteiger partial charge in [0.05, 0.1) is 0 Å². The number of aryl methyl sites for hydroxylation is 2. The van der Waals surface area contributed by atoms with Gasteiger partial charge in [0.15, 0.2) is 6.61 Å². The molecule has 0 unspecified atom stereocenters. The first kappa shape index (κ1) is 22.4. The van der Waals surface area contributed by atoms with E-state index in [1.54, 1.807) is 24.3 Å². The number of ether oxygens (including phenoxy) is 1. The molecule has 0 aliphatic carbocycles. The highest BCUT2D eigenvalue weighted by atomic mass is 16.5. The fourth-order valence-electron chi connectivity index (χ4n) is 2.88. The molecule has 2 rings (SSSR count). The van der Waals surface area contributed by atoms with Crippen LogP contribution in [0, 0.1) is 13.8 Å². The summed E-state index contributed by atoms with van der Waals surface area (Å²) in [7, 11) is 0. The number of hydrogen-bond acceptors (Lipinski definition) is 4. The second-order valence-corrected chi connectivity index (χ2v) is 6.97. The molecule has 0 radical (unpaired) electrons. The van der Waals surface area contributed by atoms with Crippen LogP contribution in [0.2, 0.25) is 0 Å². The maximum atomic E-state index is 12.2. The van der Waals surface area contributed by atoms with E-state index in [2.05, 4.69) is 29.4 Å². The third-order valence-corrected chi connectivity index (χ3v) is 4.74. The molecule has 0 saturated heterocycles. The Morgan fingerprint density at radius 2 is 1.69 bits per heavy atom. The number of likely N-dealkylation sites (N-methyl/N-ethyl adjacent to an activating group) is 1. The summed E-state index contributed by atoms with van der Waals surface area (Å²) in [4.78, 5) is 26.6. The second-order valence-electron chi connectivity index (χ2n) is 6.97. The molecule has 6 nitrogen and oxygen atoms in total. The van der Waals surface area contributed by atoms with E-state index in [9.17, 15) is 9.59 Å². The SMILES string of the molecule is CCN(CC)CCNC(=O)c1ccc(NC(=O)COc2cc(C)ccc2C)cc1. The molecule has 0 aliphatic heterocycles. The summed E-state index contributed by atoms with van der Waals surface area (Å²) < 4.78 is 5.62. The van der Waals surface area contributed by atoms with Gasteiger partial charge in [0.2, 0.25) is 0 Å². The molecule has 156 valence electrons. The predicted molar refractivity (Wildman–Crippen MR) is 117 cm³/mol. The van der Waals surface area contributed by atoms with E-state index in [0.717, 1.165) is 30.8 Å². The summed E-state index contributed by atoms with van der Waals surface area (Å²) in [5.41, 5.74) is 3.25. The van der Waals surface area contributed by atoms with Gasteiger partial charge in [-0.05, 0) is 68.4 Å². The first-order valence-electron chi connectivity index (χ1n) is 10.0. The van der Waals surface area contributed by atoms with E-state index >= 15 is 0 Å². The lowest BCUT2D eigenvalue weighted by atomic mass is 10.1. The lowest BCUT2D eigenvalue weighted by Crippen LogP contribution is -2.34. The van der Waals surface area contributed by atoms with Gasteiger partial charge in [-0.1, -0.05) is 26.0 Å². The van der Waals surface area contributed by atoms with Gasteiger partial charge >= 0.3 is 0 Å². The summed E-state index contributed by atoms with van der Waals surface area (Å²) in [5, 5.41) is 5.70. The summed E-state index contributed by atoms with van der Waals surface area (Å²) in [6.45, 7) is 11.4. The number of hydrogen-bond donors (Lipinski definition) is 2. The number of carbonyl (C=O) groups excluding carboxylic acids is 2. The Bertz CT molecular complexity index is 815. The fraction of sp³-hybridized carbons (Fsp3) is 0.391. The third-order valence-electron chi connectivity index (χ3n) is 4.74. The molecule has 0 heterocycles. The standard InChI is InChI=1S/C23H31N3O3/c1-5-26(6-2)14-13-24-23(28)19-9-11-20(12-10-19)25-22(27)16-29-21-15-17(3)7-8-18(21)4/h7-12,15H,5-6,13-14,16H2,1-4H3,(H,24,28)(H,25,27). The average molecular weight is 398 g/mol. The Morgan fingerprint density at radius 1 is 1.00 bits per heavy atom. The van der Waals surface area contributed by atoms with Gasteiger partial charge < -0.3 is 20.3 Å². The zero-order chi connectivity index (χ0) is 21.2. The van der Waals surface area contributed by atoms with Crippen molar-refractivity contribution in [3.63, 3.8) is 0 Å². The average Bonchev–Trinajstić information content (AvgIpc) is 2.72. The molecule has 2 aromatic carbocycles. The van der Waals surface area contributed by atoms with Crippen molar-refractivity contribution in [3.05, 3.63) is 59.2 Å². The van der Waals surface area contributed by atoms with E-state index in [4.69, 9.17) is 4.74 Å². The van der Waals surface area contributed by atoms with Crippen LogP contribution in [0.4, 0.5) is 5.69 Å². The number of nitrogens with zero attached hydrogens (tertiary/aromatic N) is 1. The predicted octanol–water partition coefficient (Wildman–Crippen LogP) is 3.39. The smallest absolute Gasteiger partial charge is 0.262 e. The molecule has 0 bridgehead atoms. The number of anilines is 1. The molecule has 0 fully saturated rings. The maximum absolute atomic E-state index is 12.2. The number of nitrogens with one attached hydrogen (secondary N) is 2. The van der Waals surface area contributed by atoms with Gasteiger partial charge in [0, 0.05) is 24.3 Å². The highest BCUT2D eigenvalue weighted by Gasteiger charge is 2.09. The molecule has 0 aromatic heterocycles. The Hall–Kier alpha value is -2.86. The van der Waals surface area contributed by atoms with E-state index in [1.807, 2.05) is 32.0 Å². The van der Waals surface area contributed by atoms with Crippen molar-refractivity contribution in [1.29, 1.82) is 0 Å². The summed E-state index contributed by atoms with van der Waals surface area (Å²) in [5.74, 6) is 0.340. The van der Waals surface area contributed by atoms with Crippen LogP contribution in [0.25, 0.3) is 0 Å². The Morgan fingerprint density at radius 3 is 2.34 bits per heavy atom. The second kappa shape index (κ2) is 11.2. The van der Waals surface area contributed by atoms with Crippen LogP contribution in [-0.2, 0) is 4.79 Å². The van der Waals surface area contributed by atoms with Gasteiger partial charge in [0.25, 0.3) is 11.8 Å². The molecule has 6 heteroatoms. The van der Waals surface area contributed by atoms with Crippen molar-refractivity contribution in [2.45, 2.75) is 27.7 Å². The first-order chi connectivity index (χ1) is 13.9. The van der Waals surface area contributed by atoms with E-state index in [1.165, 1.54) is 0 Å². The van der Waals surface area contributed by atoms with Crippen molar-refractivity contribution < 1.29 is 14.3 Å². The van der Waals surface area contributed by atoms with Crippen LogP contribution in [0.3, 0.4) is 0 Å². The van der Waals surface area contributed by atoms with Crippen LogP contribution in [0.5, 0.6) is 5.75 Å². The Labute approximate surface area is 173 Å². The minimum Gasteiger partial charge on any atom is -0.483 e. The van der Waals surface area contributed by atoms with Crippen LogP contribution in [-0.4, -0.2) is 49.5 Å². The minimum absolute atomic E-state index is 0.0715. The maximum Gasteiger partial charge on any atom is 0.262 e. The van der Waals surface area contributed by atoms with Crippen molar-refractivity contribution in [2.24, 2.45) is 0 Å². The highest BCUT2D eigenvalue weighted by Crippen LogP contribution is 2.19. The summed E-state index contributed by atoms with van der Waals surface area (Å²) in [6.07, 6.45) is 0. The Balaban J connectivity index is 1.81. The Kier molecular flexibility index (Phi) is 8.68. The molecular weight excluding hydrogens is 366 g/mol. The van der Waals surface area contributed by atoms with Gasteiger partial charge in [-0.25, -0.2) is 0 Å². The highest BCUT2D eigenvalue weighted by molar-refractivity contribution is 5.96. The van der Waals surface area contributed by atoms with E-state index in [0.29, 0.717) is 23.5 Å². The molecule has 2 aromatic rings. The summed E-state index contributed by atoms with van der Waals surface area (Å²) in [6, 6.07) is 12.7. The zero-order valence-electron chi connectivity index (χ0n) is 17.7. The molecule has 0 aliphatic rings. The number of amides is 2. The van der Waals surface area contributed by atoms with Gasteiger partial charge in [-0.2, -0.15) is 0 Å². The molecular formula is C23H31N3O3. The van der Waals surface area contributed by atoms with E-state index in [-0.39, 0.29) is 18.4 Å². The molecule has 0 spiro atoms. The van der Waals surface area contributed by atoms with Gasteiger partial charge in [-0.3, -0.25) is 9.59 Å². The summed E-state index contributed by atoms with van der Waals surface area (Å²) >= 11 is 0. The van der Waals surface area contributed by atoms with Crippen molar-refractivity contribution in [3.8, 4) is 5.75 Å². The molecule has 2 amide bonds. The van der Waals surface area contributed by atoms with Crippen molar-refractivity contribution >= 4 is 17.5 Å². The van der Waals surface area contributed by atoms with Crippen LogP contribution in [0.1, 0.15) is 35.3 Å². The molecule has 2 N–H and O–H groups in total. The quantitative estimate of drug-likeness (QED) is 0.645. The minimum atomic E-state index is -0.248. The lowest BCUT2D eigenvalue weighted by Gasteiger charge is -2.18. The first-order valence-corrected chi connectivity index (χ1v) is 10.0.